The number of hydrogen-bond acceptors (Lipinski definition) is 7. The maximum Gasteiger partial charge on any atom is 0.330 e. The summed E-state index contributed by atoms with van der Waals surface area (Å²) >= 11 is 0. The number of aliphatic carboxylic acids is 1. The van der Waals surface area contributed by atoms with E-state index in [1.807, 2.05) is 36.4 Å². The molecule has 1 aliphatic carbocycles. The number of ether oxygens (including phenoxy) is 2. The lowest BCUT2D eigenvalue weighted by Crippen LogP contribution is -2.53. The molecule has 4 atom stereocenters. The first-order valence-electron chi connectivity index (χ1n) is 14.5. The molecule has 3 aliphatic rings. The second-order valence-electron chi connectivity index (χ2n) is 11.3. The summed E-state index contributed by atoms with van der Waals surface area (Å²) in [6.45, 7) is 0.200. The first-order chi connectivity index (χ1) is 20.4. The highest BCUT2D eigenvalue weighted by atomic mass is 16.5. The fourth-order valence-corrected chi connectivity index (χ4v) is 6.06. The third-order valence-electron chi connectivity index (χ3n) is 8.52. The van der Waals surface area contributed by atoms with Crippen molar-refractivity contribution in [3.63, 3.8) is 0 Å². The lowest BCUT2D eigenvalue weighted by atomic mass is 10.1. The van der Waals surface area contributed by atoms with Gasteiger partial charge < -0.3 is 24.8 Å². The van der Waals surface area contributed by atoms with Crippen LogP contribution in [-0.2, 0) is 14.4 Å². The molecule has 2 fully saturated rings. The van der Waals surface area contributed by atoms with E-state index >= 15 is 0 Å². The van der Waals surface area contributed by atoms with Gasteiger partial charge in [0.1, 0.15) is 23.4 Å². The molecule has 42 heavy (non-hydrogen) atoms. The van der Waals surface area contributed by atoms with Gasteiger partial charge in [-0.1, -0.05) is 25.0 Å². The Balaban J connectivity index is 1.29. The van der Waals surface area contributed by atoms with Crippen molar-refractivity contribution in [1.29, 1.82) is 0 Å². The standard InChI is InChI=1S/C31H35N5O6/c1-41-22-11-12-24-20(15-22)16-26(36-14-8-13-32-36)33-29(24)42-23-17-25-28(38)34-31(30(39)40)18-21(31)9-6-4-2-3-5-7-10-27(37)35(25)19-23/h6,8-9,11-16,21,23,25H,2-5,7,10,17-19H2,1H3,(H,34,38)(H,39,40)/t21-,23-,25+,31-/m1/s1. The molecule has 0 unspecified atom stereocenters. The summed E-state index contributed by atoms with van der Waals surface area (Å²) in [6, 6.07) is 8.43. The largest absolute Gasteiger partial charge is 0.497 e. The predicted octanol–water partition coefficient (Wildman–Crippen LogP) is 3.65. The van der Waals surface area contributed by atoms with Gasteiger partial charge in [0.25, 0.3) is 0 Å². The average Bonchev–Trinajstić information content (AvgIpc) is 3.31. The van der Waals surface area contributed by atoms with Crippen LogP contribution in [0.2, 0.25) is 0 Å². The smallest absolute Gasteiger partial charge is 0.330 e. The van der Waals surface area contributed by atoms with E-state index in [0.29, 0.717) is 30.3 Å². The lowest BCUT2D eigenvalue weighted by molar-refractivity contribution is -0.145. The number of amides is 2. The van der Waals surface area contributed by atoms with Crippen LogP contribution in [-0.4, -0.2) is 73.9 Å². The Kier molecular flexibility index (Phi) is 7.57. The van der Waals surface area contributed by atoms with Crippen molar-refractivity contribution >= 4 is 28.6 Å². The van der Waals surface area contributed by atoms with Gasteiger partial charge in [0.05, 0.1) is 13.7 Å². The van der Waals surface area contributed by atoms with Crippen LogP contribution in [0.4, 0.5) is 0 Å². The van der Waals surface area contributed by atoms with Crippen molar-refractivity contribution in [1.82, 2.24) is 25.0 Å². The quantitative estimate of drug-likeness (QED) is 0.442. The van der Waals surface area contributed by atoms with Crippen LogP contribution < -0.4 is 14.8 Å². The Morgan fingerprint density at radius 3 is 2.81 bits per heavy atom. The number of nitrogens with one attached hydrogen (secondary N) is 1. The molecule has 11 nitrogen and oxygen atoms in total. The predicted molar refractivity (Wildman–Crippen MR) is 153 cm³/mol. The molecule has 1 saturated carbocycles. The molecule has 220 valence electrons. The zero-order valence-electron chi connectivity index (χ0n) is 23.6. The summed E-state index contributed by atoms with van der Waals surface area (Å²) in [5.74, 6) is -0.321. The number of methoxy groups -OCH3 is 1. The Hall–Kier alpha value is -4.41. The monoisotopic (exact) mass is 573 g/mol. The Labute approximate surface area is 243 Å². The number of pyridine rings is 1. The number of hydrogen-bond donors (Lipinski definition) is 2. The Bertz CT molecular complexity index is 1520. The van der Waals surface area contributed by atoms with Gasteiger partial charge in [-0.3, -0.25) is 9.59 Å². The van der Waals surface area contributed by atoms with Crippen molar-refractivity contribution in [2.45, 2.75) is 69.1 Å². The summed E-state index contributed by atoms with van der Waals surface area (Å²) in [5.41, 5.74) is -1.34. The van der Waals surface area contributed by atoms with E-state index in [-0.39, 0.29) is 24.8 Å². The first-order valence-corrected chi connectivity index (χ1v) is 14.5. The highest BCUT2D eigenvalue weighted by molar-refractivity contribution is 5.95. The van der Waals surface area contributed by atoms with Crippen molar-refractivity contribution in [3.05, 3.63) is 54.9 Å². The van der Waals surface area contributed by atoms with E-state index in [9.17, 15) is 19.5 Å². The van der Waals surface area contributed by atoms with Gasteiger partial charge in [-0.2, -0.15) is 10.1 Å². The molecule has 4 heterocycles. The maximum atomic E-state index is 13.6. The van der Waals surface area contributed by atoms with E-state index in [1.54, 1.807) is 35.2 Å². The molecule has 6 rings (SSSR count). The molecule has 0 bridgehead atoms. The molecule has 11 heteroatoms. The van der Waals surface area contributed by atoms with E-state index in [2.05, 4.69) is 10.4 Å². The Morgan fingerprint density at radius 1 is 1.17 bits per heavy atom. The first kappa shape index (κ1) is 27.7. The zero-order chi connectivity index (χ0) is 29.3. The minimum Gasteiger partial charge on any atom is -0.497 e. The highest BCUT2D eigenvalue weighted by Crippen LogP contribution is 2.45. The van der Waals surface area contributed by atoms with Crippen molar-refractivity contribution < 1.29 is 29.0 Å². The number of benzene rings is 1. The molecule has 2 amide bonds. The molecule has 2 aromatic heterocycles. The SMILES string of the molecule is COc1ccc2c(O[C@@H]3C[C@H]4C(=O)N[C@]5(C(=O)O)C[C@H]5C=CCCCCCCC(=O)N4C3)nc(-n3cccn3)cc2c1. The van der Waals surface area contributed by atoms with E-state index in [0.717, 1.165) is 42.9 Å². The average molecular weight is 574 g/mol. The number of carboxylic acid groups (broad SMARTS) is 1. The third kappa shape index (κ3) is 5.43. The second kappa shape index (κ2) is 11.5. The van der Waals surface area contributed by atoms with Crippen molar-refractivity contribution in [3.8, 4) is 17.4 Å². The fourth-order valence-electron chi connectivity index (χ4n) is 6.06. The molecule has 2 N–H and O–H groups in total. The van der Waals surface area contributed by atoms with E-state index in [4.69, 9.17) is 14.5 Å². The van der Waals surface area contributed by atoms with Crippen LogP contribution in [0, 0.1) is 5.92 Å². The zero-order valence-corrected chi connectivity index (χ0v) is 23.6. The number of aromatic nitrogens is 3. The molecule has 0 radical (unpaired) electrons. The van der Waals surface area contributed by atoms with Gasteiger partial charge in [0.2, 0.25) is 17.7 Å². The van der Waals surface area contributed by atoms with Crippen LogP contribution >= 0.6 is 0 Å². The van der Waals surface area contributed by atoms with Gasteiger partial charge >= 0.3 is 5.97 Å². The summed E-state index contributed by atoms with van der Waals surface area (Å²) in [7, 11) is 1.60. The topological polar surface area (TPSA) is 136 Å². The van der Waals surface area contributed by atoms with Crippen LogP contribution in [0.15, 0.2) is 54.9 Å². The van der Waals surface area contributed by atoms with Crippen LogP contribution in [0.1, 0.15) is 51.4 Å². The van der Waals surface area contributed by atoms with Crippen molar-refractivity contribution in [2.24, 2.45) is 5.92 Å². The number of carbonyl (C=O) groups is 3. The number of fused-ring (bicyclic) bond motifs is 3. The minimum atomic E-state index is -1.34. The number of carboxylic acids is 1. The maximum absolute atomic E-state index is 13.6. The minimum absolute atomic E-state index is 0.126. The van der Waals surface area contributed by atoms with Gasteiger partial charge in [0, 0.05) is 36.5 Å². The van der Waals surface area contributed by atoms with Crippen LogP contribution in [0.3, 0.4) is 0 Å². The van der Waals surface area contributed by atoms with Gasteiger partial charge in [0.15, 0.2) is 5.82 Å². The van der Waals surface area contributed by atoms with Gasteiger partial charge in [-0.15, -0.1) is 0 Å². The molecule has 2 aliphatic heterocycles. The van der Waals surface area contributed by atoms with Gasteiger partial charge in [-0.05, 0) is 61.4 Å². The molecular formula is C31H35N5O6. The summed E-state index contributed by atoms with van der Waals surface area (Å²) < 4.78 is 13.5. The number of carbonyl (C=O) groups excluding carboxylic acids is 2. The highest BCUT2D eigenvalue weighted by Gasteiger charge is 2.61. The third-order valence-corrected chi connectivity index (χ3v) is 8.52. The Morgan fingerprint density at radius 2 is 2.02 bits per heavy atom. The molecular weight excluding hydrogens is 538 g/mol. The molecule has 1 aromatic carbocycles. The number of rotatable bonds is 5. The second-order valence-corrected chi connectivity index (χ2v) is 11.3. The van der Waals surface area contributed by atoms with E-state index in [1.165, 1.54) is 0 Å². The summed E-state index contributed by atoms with van der Waals surface area (Å²) in [6.07, 6.45) is 12.2. The normalized spacial score (nSPS) is 26.5. The summed E-state index contributed by atoms with van der Waals surface area (Å²) in [5, 5.41) is 18.7. The fraction of sp³-hybridized carbons (Fsp3) is 0.452. The molecule has 3 aromatic rings. The lowest BCUT2D eigenvalue weighted by Gasteiger charge is -2.25. The summed E-state index contributed by atoms with van der Waals surface area (Å²) in [4.78, 5) is 45.6. The van der Waals surface area contributed by atoms with Crippen molar-refractivity contribution in [2.75, 3.05) is 13.7 Å². The number of allylic oxidation sites excluding steroid dienone is 1. The number of nitrogens with zero attached hydrogens (tertiary/aromatic N) is 4. The van der Waals surface area contributed by atoms with Gasteiger partial charge in [-0.25, -0.2) is 9.48 Å². The van der Waals surface area contributed by atoms with Crippen LogP contribution in [0.5, 0.6) is 11.6 Å². The molecule has 0 spiro atoms. The molecule has 1 saturated heterocycles. The van der Waals surface area contributed by atoms with E-state index < -0.39 is 29.6 Å². The van der Waals surface area contributed by atoms with Crippen LogP contribution in [0.25, 0.3) is 16.6 Å².